The molecule has 1 aromatic heterocycles. The van der Waals surface area contributed by atoms with Gasteiger partial charge >= 0.3 is 20.8 Å². The molecule has 6 N–H and O–H groups in total. The Hall–Kier alpha value is -3.21. The Morgan fingerprint density at radius 2 is 1.71 bits per heavy atom. The number of carbonyl (C=O) groups excluding carboxylic acids is 3. The summed E-state index contributed by atoms with van der Waals surface area (Å²) >= 11 is 0. The van der Waals surface area contributed by atoms with Gasteiger partial charge in [0.15, 0.2) is 0 Å². The summed E-state index contributed by atoms with van der Waals surface area (Å²) in [6.45, 7) is 3.66. The monoisotopic (exact) mass is 670 g/mol. The highest BCUT2D eigenvalue weighted by Gasteiger charge is 2.42. The fraction of sp³-hybridized carbons (Fsp3) is 0.480. The van der Waals surface area contributed by atoms with Crippen LogP contribution < -0.4 is 16.0 Å². The number of rotatable bonds is 13. The molecular weight excluding hydrogens is 633 g/mol. The number of amides is 3. The molecular formula is C25H37BN6O11P2. The van der Waals surface area contributed by atoms with E-state index in [1.54, 1.807) is 12.2 Å². The number of hydrogen-bond donors (Lipinski definition) is 6. The standard InChI is InChI=1S/C25H37BN6O11P2/c1-18(29-22(33)20(16-19-6-4-3-5-7-19)30-23(34)21-17-27-8-9-28-21)26-42-14-11-32(12-15-43-26)10-13-41-24(35)31-25(44(2,36)37)45(38,39)40/h3-9,17-18,20,25H,10-16H2,1-2H3,(H,29,33)(H,30,34)(H,31,35)(H,36,37)(H2,38,39,40)/t18-,20-,25?/m1/s1. The van der Waals surface area contributed by atoms with Crippen molar-refractivity contribution < 1.29 is 52.2 Å². The van der Waals surface area contributed by atoms with E-state index in [1.165, 1.54) is 18.6 Å². The maximum atomic E-state index is 13.3. The summed E-state index contributed by atoms with van der Waals surface area (Å²) in [4.78, 5) is 75.8. The molecule has 0 saturated carbocycles. The number of alkyl carbamates (subject to hydrolysis) is 1. The van der Waals surface area contributed by atoms with Crippen molar-refractivity contribution >= 4 is 40.0 Å². The second kappa shape index (κ2) is 16.9. The predicted octanol–water partition coefficient (Wildman–Crippen LogP) is -0.214. The van der Waals surface area contributed by atoms with Gasteiger partial charge in [-0.3, -0.25) is 33.9 Å². The molecule has 1 aliphatic rings. The van der Waals surface area contributed by atoms with Crippen LogP contribution in [-0.4, -0.2) is 118 Å². The van der Waals surface area contributed by atoms with Gasteiger partial charge in [-0.25, -0.2) is 9.78 Å². The maximum absolute atomic E-state index is 13.3. The molecule has 17 nitrogen and oxygen atoms in total. The summed E-state index contributed by atoms with van der Waals surface area (Å²) in [6, 6.07) is 8.29. The lowest BCUT2D eigenvalue weighted by Gasteiger charge is -2.30. The summed E-state index contributed by atoms with van der Waals surface area (Å²) in [7, 11) is -10.2. The van der Waals surface area contributed by atoms with Gasteiger partial charge in [0, 0.05) is 58.3 Å². The number of aromatic nitrogens is 2. The highest BCUT2D eigenvalue weighted by Crippen LogP contribution is 2.58. The minimum Gasteiger partial charge on any atom is -0.448 e. The molecule has 3 rings (SSSR count). The van der Waals surface area contributed by atoms with Gasteiger partial charge in [-0.05, 0) is 12.5 Å². The van der Waals surface area contributed by atoms with E-state index in [0.29, 0.717) is 13.1 Å². The van der Waals surface area contributed by atoms with Gasteiger partial charge in [0.05, 0.1) is 12.1 Å². The first-order chi connectivity index (χ1) is 21.2. The normalized spacial score (nSPS) is 17.8. The van der Waals surface area contributed by atoms with Crippen LogP contribution >= 0.6 is 15.0 Å². The molecule has 1 saturated heterocycles. The van der Waals surface area contributed by atoms with Gasteiger partial charge in [0.1, 0.15) is 18.3 Å². The van der Waals surface area contributed by atoms with Gasteiger partial charge in [0.25, 0.3) is 5.91 Å². The maximum Gasteiger partial charge on any atom is 0.480 e. The molecule has 20 heteroatoms. The largest absolute Gasteiger partial charge is 0.480 e. The van der Waals surface area contributed by atoms with Gasteiger partial charge in [-0.2, -0.15) is 0 Å². The van der Waals surface area contributed by atoms with E-state index in [1.807, 2.05) is 35.2 Å². The van der Waals surface area contributed by atoms with Crippen molar-refractivity contribution in [3.8, 4) is 0 Å². The summed E-state index contributed by atoms with van der Waals surface area (Å²) in [5.74, 6) is -1.59. The van der Waals surface area contributed by atoms with Gasteiger partial charge in [-0.1, -0.05) is 30.3 Å². The molecule has 2 aromatic rings. The molecule has 0 spiro atoms. The number of benzene rings is 1. The summed E-state index contributed by atoms with van der Waals surface area (Å²) in [5, 5.41) is 7.34. The van der Waals surface area contributed by atoms with Crippen LogP contribution in [0.25, 0.3) is 0 Å². The zero-order valence-electron chi connectivity index (χ0n) is 24.7. The first-order valence-corrected chi connectivity index (χ1v) is 17.7. The second-order valence-electron chi connectivity index (χ2n) is 10.2. The first-order valence-electron chi connectivity index (χ1n) is 13.9. The molecule has 0 bridgehead atoms. The molecule has 2 heterocycles. The van der Waals surface area contributed by atoms with Crippen molar-refractivity contribution in [3.05, 3.63) is 60.2 Å². The summed E-state index contributed by atoms with van der Waals surface area (Å²) in [6.07, 6.45) is 3.10. The van der Waals surface area contributed by atoms with Crippen LogP contribution in [0, 0.1) is 0 Å². The quantitative estimate of drug-likeness (QED) is 0.119. The lowest BCUT2D eigenvalue weighted by atomic mass is 9.79. The summed E-state index contributed by atoms with van der Waals surface area (Å²) in [5.41, 5.74) is -1.37. The van der Waals surface area contributed by atoms with Crippen molar-refractivity contribution in [3.63, 3.8) is 0 Å². The van der Waals surface area contributed by atoms with Crippen LogP contribution in [0.15, 0.2) is 48.9 Å². The minimum atomic E-state index is -5.10. The Balaban J connectivity index is 1.48. The Kier molecular flexibility index (Phi) is 13.6. The van der Waals surface area contributed by atoms with E-state index in [2.05, 4.69) is 20.6 Å². The molecule has 246 valence electrons. The zero-order chi connectivity index (χ0) is 33.0. The average molecular weight is 670 g/mol. The molecule has 1 aliphatic heterocycles. The lowest BCUT2D eigenvalue weighted by Crippen LogP contribution is -2.56. The molecule has 3 amide bonds. The molecule has 45 heavy (non-hydrogen) atoms. The minimum absolute atomic E-state index is 0.0703. The molecule has 2 unspecified atom stereocenters. The van der Waals surface area contributed by atoms with E-state index in [4.69, 9.17) is 14.0 Å². The van der Waals surface area contributed by atoms with Gasteiger partial charge in [0.2, 0.25) is 18.8 Å². The van der Waals surface area contributed by atoms with E-state index < -0.39 is 57.5 Å². The van der Waals surface area contributed by atoms with Gasteiger partial charge in [-0.15, -0.1) is 0 Å². The highest BCUT2D eigenvalue weighted by atomic mass is 31.2. The Labute approximate surface area is 260 Å². The number of nitrogens with one attached hydrogen (secondary N) is 3. The molecule has 0 radical (unpaired) electrons. The number of ether oxygens (including phenoxy) is 1. The van der Waals surface area contributed by atoms with Crippen molar-refractivity contribution in [2.45, 2.75) is 30.9 Å². The van der Waals surface area contributed by atoms with Crippen molar-refractivity contribution in [2.24, 2.45) is 0 Å². The third-order valence-corrected chi connectivity index (χ3v) is 10.5. The van der Waals surface area contributed by atoms with Crippen LogP contribution in [0.5, 0.6) is 0 Å². The average Bonchev–Trinajstić information content (AvgIpc) is 2.96. The number of hydrogen-bond acceptors (Lipinski definition) is 11. The van der Waals surface area contributed by atoms with Crippen molar-refractivity contribution in [1.29, 1.82) is 0 Å². The molecule has 1 fully saturated rings. The molecule has 0 aliphatic carbocycles. The van der Waals surface area contributed by atoms with Crippen LogP contribution in [0.4, 0.5) is 4.79 Å². The Bertz CT molecular complexity index is 1340. The number of carbonyl (C=O) groups is 3. The third-order valence-electron chi connectivity index (χ3n) is 6.52. The highest BCUT2D eigenvalue weighted by molar-refractivity contribution is 7.73. The predicted molar refractivity (Wildman–Crippen MR) is 161 cm³/mol. The molecule has 4 atom stereocenters. The van der Waals surface area contributed by atoms with Crippen LogP contribution in [0.2, 0.25) is 0 Å². The van der Waals surface area contributed by atoms with E-state index in [0.717, 1.165) is 12.2 Å². The Morgan fingerprint density at radius 1 is 1.04 bits per heavy atom. The zero-order valence-corrected chi connectivity index (χ0v) is 26.5. The number of nitrogens with zero attached hydrogens (tertiary/aromatic N) is 3. The first kappa shape index (κ1) is 36.3. The third kappa shape index (κ3) is 12.3. The smallest absolute Gasteiger partial charge is 0.448 e. The SMILES string of the molecule is C[C@@H](NC(=O)[C@@H](Cc1ccccc1)NC(=O)c1cnccn1)B1OCCN(CCOC(=O)NC(P(C)(=O)O)P(=O)(O)O)CCO1. The summed E-state index contributed by atoms with van der Waals surface area (Å²) < 4.78 is 39.8. The van der Waals surface area contributed by atoms with Crippen LogP contribution in [0.1, 0.15) is 23.0 Å². The van der Waals surface area contributed by atoms with Crippen LogP contribution in [-0.2, 0) is 34.4 Å². The van der Waals surface area contributed by atoms with Gasteiger partial charge < -0.3 is 39.4 Å². The fourth-order valence-corrected chi connectivity index (χ4v) is 7.12. The second-order valence-corrected chi connectivity index (χ2v) is 14.7. The Morgan fingerprint density at radius 3 is 2.29 bits per heavy atom. The fourth-order valence-electron chi connectivity index (χ4n) is 4.27. The van der Waals surface area contributed by atoms with E-state index in [-0.39, 0.29) is 38.5 Å². The topological polar surface area (TPSA) is 239 Å². The molecule has 1 aromatic carbocycles. The van der Waals surface area contributed by atoms with E-state index in [9.17, 15) is 38.2 Å². The van der Waals surface area contributed by atoms with Crippen molar-refractivity contribution in [2.75, 3.05) is 46.1 Å². The van der Waals surface area contributed by atoms with E-state index >= 15 is 0 Å². The lowest BCUT2D eigenvalue weighted by molar-refractivity contribution is -0.123. The van der Waals surface area contributed by atoms with Crippen molar-refractivity contribution in [1.82, 2.24) is 30.8 Å². The van der Waals surface area contributed by atoms with Crippen LogP contribution in [0.3, 0.4) is 0 Å².